The summed E-state index contributed by atoms with van der Waals surface area (Å²) in [5.41, 5.74) is 2.83. The molecular weight excluding hydrogens is 370 g/mol. The second-order valence-corrected chi connectivity index (χ2v) is 8.65. The lowest BCUT2D eigenvalue weighted by atomic mass is 10.2. The number of fused-ring (bicyclic) bond motifs is 1. The fourth-order valence-corrected chi connectivity index (χ4v) is 4.34. The van der Waals surface area contributed by atoms with Gasteiger partial charge >= 0.3 is 0 Å². The van der Waals surface area contributed by atoms with Gasteiger partial charge < -0.3 is 14.8 Å². The van der Waals surface area contributed by atoms with Gasteiger partial charge in [0.2, 0.25) is 0 Å². The highest BCUT2D eigenvalue weighted by molar-refractivity contribution is 7.12. The van der Waals surface area contributed by atoms with Crippen LogP contribution in [0.3, 0.4) is 0 Å². The minimum Gasteiger partial charge on any atom is -0.324 e. The SMILES string of the molecule is CC(C)n1c(CN2CCN(C)CC2)nc2cc(NC(=O)c3cccs3)ccc21. The Morgan fingerprint density at radius 3 is 2.68 bits per heavy atom. The van der Waals surface area contributed by atoms with E-state index in [1.54, 1.807) is 0 Å². The van der Waals surface area contributed by atoms with Gasteiger partial charge in [-0.1, -0.05) is 6.07 Å². The van der Waals surface area contributed by atoms with Crippen molar-refractivity contribution in [3.05, 3.63) is 46.4 Å². The first-order chi connectivity index (χ1) is 13.5. The molecule has 0 saturated carbocycles. The molecule has 0 unspecified atom stereocenters. The third-order valence-corrected chi connectivity index (χ3v) is 6.11. The maximum atomic E-state index is 12.3. The zero-order chi connectivity index (χ0) is 19.7. The first-order valence-electron chi connectivity index (χ1n) is 9.78. The molecule has 1 saturated heterocycles. The summed E-state index contributed by atoms with van der Waals surface area (Å²) in [6.45, 7) is 9.58. The van der Waals surface area contributed by atoms with Crippen molar-refractivity contribution in [1.82, 2.24) is 19.4 Å². The minimum atomic E-state index is -0.0738. The molecule has 3 heterocycles. The molecule has 0 spiro atoms. The van der Waals surface area contributed by atoms with Crippen LogP contribution in [0.1, 0.15) is 35.4 Å². The second kappa shape index (κ2) is 8.03. The Kier molecular flexibility index (Phi) is 5.48. The van der Waals surface area contributed by atoms with Crippen LogP contribution in [0.4, 0.5) is 5.69 Å². The third kappa shape index (κ3) is 3.97. The molecule has 0 atom stereocenters. The van der Waals surface area contributed by atoms with Gasteiger partial charge in [0.25, 0.3) is 5.91 Å². The Morgan fingerprint density at radius 1 is 1.21 bits per heavy atom. The van der Waals surface area contributed by atoms with Crippen molar-refractivity contribution in [2.75, 3.05) is 38.5 Å². The van der Waals surface area contributed by atoms with Crippen LogP contribution >= 0.6 is 11.3 Å². The summed E-state index contributed by atoms with van der Waals surface area (Å²) in [7, 11) is 2.17. The summed E-state index contributed by atoms with van der Waals surface area (Å²) in [4.78, 5) is 22.8. The van der Waals surface area contributed by atoms with Crippen molar-refractivity contribution in [2.24, 2.45) is 0 Å². The lowest BCUT2D eigenvalue weighted by molar-refractivity contribution is 0.103. The molecule has 1 fully saturated rings. The number of rotatable bonds is 5. The summed E-state index contributed by atoms with van der Waals surface area (Å²) >= 11 is 1.44. The molecule has 0 bridgehead atoms. The number of nitrogens with zero attached hydrogens (tertiary/aromatic N) is 4. The van der Waals surface area contributed by atoms with Crippen molar-refractivity contribution >= 4 is 34.0 Å². The largest absolute Gasteiger partial charge is 0.324 e. The lowest BCUT2D eigenvalue weighted by Gasteiger charge is -2.32. The number of thiophene rings is 1. The molecule has 1 aliphatic heterocycles. The first kappa shape index (κ1) is 19.1. The van der Waals surface area contributed by atoms with Crippen LogP contribution < -0.4 is 5.32 Å². The zero-order valence-corrected chi connectivity index (χ0v) is 17.5. The fraction of sp³-hybridized carbons (Fsp3) is 0.429. The Morgan fingerprint density at radius 2 is 2.00 bits per heavy atom. The average Bonchev–Trinajstić information content (AvgIpc) is 3.31. The van der Waals surface area contributed by atoms with Crippen LogP contribution in [0.25, 0.3) is 11.0 Å². The van der Waals surface area contributed by atoms with Crippen LogP contribution in [-0.4, -0.2) is 58.5 Å². The van der Waals surface area contributed by atoms with Gasteiger partial charge in [0.05, 0.1) is 22.5 Å². The Balaban J connectivity index is 1.59. The molecule has 4 rings (SSSR count). The van der Waals surface area contributed by atoms with E-state index in [4.69, 9.17) is 4.98 Å². The molecule has 0 aliphatic carbocycles. The molecule has 1 amide bonds. The quantitative estimate of drug-likeness (QED) is 0.714. The van der Waals surface area contributed by atoms with E-state index in [1.165, 1.54) is 11.3 Å². The summed E-state index contributed by atoms with van der Waals surface area (Å²) < 4.78 is 2.32. The standard InChI is InChI=1S/C21H27N5OS/c1-15(2)26-18-7-6-16(22-21(27)19-5-4-12-28-19)13-17(18)23-20(26)14-25-10-8-24(3)9-11-25/h4-7,12-13,15H,8-11,14H2,1-3H3,(H,22,27). The summed E-state index contributed by atoms with van der Waals surface area (Å²) in [5.74, 6) is 1.02. The third-order valence-electron chi connectivity index (χ3n) is 5.24. The van der Waals surface area contributed by atoms with Gasteiger partial charge in [-0.15, -0.1) is 11.3 Å². The minimum absolute atomic E-state index is 0.0738. The number of nitrogens with one attached hydrogen (secondary N) is 1. The topological polar surface area (TPSA) is 53.4 Å². The van der Waals surface area contributed by atoms with Gasteiger partial charge in [-0.05, 0) is 50.5 Å². The number of carbonyl (C=O) groups excluding carboxylic acids is 1. The van der Waals surface area contributed by atoms with Gasteiger partial charge in [0, 0.05) is 37.9 Å². The number of benzene rings is 1. The number of anilines is 1. The molecular formula is C21H27N5OS. The zero-order valence-electron chi connectivity index (χ0n) is 16.7. The Labute approximate surface area is 169 Å². The van der Waals surface area contributed by atoms with Gasteiger partial charge in [0.15, 0.2) is 0 Å². The molecule has 7 heteroatoms. The molecule has 0 radical (unpaired) electrons. The normalized spacial score (nSPS) is 16.1. The van der Waals surface area contributed by atoms with Gasteiger partial charge in [-0.2, -0.15) is 0 Å². The smallest absolute Gasteiger partial charge is 0.265 e. The molecule has 1 aromatic carbocycles. The lowest BCUT2D eigenvalue weighted by Crippen LogP contribution is -2.44. The predicted molar refractivity (Wildman–Crippen MR) is 115 cm³/mol. The van der Waals surface area contributed by atoms with Gasteiger partial charge in [0.1, 0.15) is 5.82 Å². The van der Waals surface area contributed by atoms with Crippen LogP contribution in [0.15, 0.2) is 35.7 Å². The number of hydrogen-bond donors (Lipinski definition) is 1. The molecule has 6 nitrogen and oxygen atoms in total. The second-order valence-electron chi connectivity index (χ2n) is 7.71. The van der Waals surface area contributed by atoms with Gasteiger partial charge in [-0.3, -0.25) is 9.69 Å². The highest BCUT2D eigenvalue weighted by Crippen LogP contribution is 2.25. The van der Waals surface area contributed by atoms with Crippen LogP contribution in [-0.2, 0) is 6.54 Å². The van der Waals surface area contributed by atoms with Crippen LogP contribution in [0, 0.1) is 0 Å². The molecule has 2 aromatic heterocycles. The number of carbonyl (C=O) groups is 1. The van der Waals surface area contributed by atoms with E-state index < -0.39 is 0 Å². The first-order valence-corrected chi connectivity index (χ1v) is 10.7. The van der Waals surface area contributed by atoms with Crippen LogP contribution in [0.5, 0.6) is 0 Å². The van der Waals surface area contributed by atoms with Crippen molar-refractivity contribution < 1.29 is 4.79 Å². The summed E-state index contributed by atoms with van der Waals surface area (Å²) in [6.07, 6.45) is 0. The van der Waals surface area contributed by atoms with Crippen molar-refractivity contribution in [2.45, 2.75) is 26.4 Å². The van der Waals surface area contributed by atoms with E-state index in [1.807, 2.05) is 29.6 Å². The van der Waals surface area contributed by atoms with E-state index in [2.05, 4.69) is 46.6 Å². The number of likely N-dealkylation sites (N-methyl/N-ethyl adjacent to an activating group) is 1. The number of aromatic nitrogens is 2. The highest BCUT2D eigenvalue weighted by Gasteiger charge is 2.19. The number of amides is 1. The predicted octanol–water partition coefficient (Wildman–Crippen LogP) is 3.68. The van der Waals surface area contributed by atoms with Crippen LogP contribution in [0.2, 0.25) is 0 Å². The maximum absolute atomic E-state index is 12.3. The van der Waals surface area contributed by atoms with E-state index in [9.17, 15) is 4.79 Å². The molecule has 1 N–H and O–H groups in total. The Hall–Kier alpha value is -2.22. The monoisotopic (exact) mass is 397 g/mol. The molecule has 28 heavy (non-hydrogen) atoms. The number of imidazole rings is 1. The van der Waals surface area contributed by atoms with Gasteiger partial charge in [-0.25, -0.2) is 4.98 Å². The fourth-order valence-electron chi connectivity index (χ4n) is 3.72. The van der Waals surface area contributed by atoms with Crippen molar-refractivity contribution in [1.29, 1.82) is 0 Å². The van der Waals surface area contributed by atoms with E-state index in [-0.39, 0.29) is 5.91 Å². The molecule has 1 aliphatic rings. The number of piperazine rings is 1. The Bertz CT molecular complexity index is 955. The average molecular weight is 398 g/mol. The summed E-state index contributed by atoms with van der Waals surface area (Å²) in [5, 5.41) is 4.90. The molecule has 3 aromatic rings. The maximum Gasteiger partial charge on any atom is 0.265 e. The number of hydrogen-bond acceptors (Lipinski definition) is 5. The van der Waals surface area contributed by atoms with Crippen molar-refractivity contribution in [3.8, 4) is 0 Å². The van der Waals surface area contributed by atoms with E-state index in [0.717, 1.165) is 55.3 Å². The van der Waals surface area contributed by atoms with E-state index >= 15 is 0 Å². The highest BCUT2D eigenvalue weighted by atomic mass is 32.1. The summed E-state index contributed by atoms with van der Waals surface area (Å²) in [6, 6.07) is 10.1. The molecule has 148 valence electrons. The van der Waals surface area contributed by atoms with E-state index in [0.29, 0.717) is 10.9 Å². The van der Waals surface area contributed by atoms with Crippen molar-refractivity contribution in [3.63, 3.8) is 0 Å².